The lowest BCUT2D eigenvalue weighted by Crippen LogP contribution is -2.30. The minimum atomic E-state index is -3.64. The van der Waals surface area contributed by atoms with E-state index in [-0.39, 0.29) is 29.3 Å². The van der Waals surface area contributed by atoms with Crippen molar-refractivity contribution in [2.45, 2.75) is 29.8 Å². The van der Waals surface area contributed by atoms with E-state index in [4.69, 9.17) is 23.2 Å². The number of anilines is 1. The Morgan fingerprint density at radius 2 is 1.72 bits per heavy atom. The van der Waals surface area contributed by atoms with Gasteiger partial charge < -0.3 is 5.32 Å². The summed E-state index contributed by atoms with van der Waals surface area (Å²) in [4.78, 5) is 0.266. The molecule has 0 saturated carbocycles. The molecule has 2 N–H and O–H groups in total. The van der Waals surface area contributed by atoms with Crippen LogP contribution in [0.5, 0.6) is 0 Å². The van der Waals surface area contributed by atoms with Gasteiger partial charge in [0.25, 0.3) is 0 Å². The average Bonchev–Trinajstić information content (AvgIpc) is 3.29. The summed E-state index contributed by atoms with van der Waals surface area (Å²) in [5.74, 6) is 0.294. The van der Waals surface area contributed by atoms with Gasteiger partial charge in [0.15, 0.2) is 0 Å². The molecule has 7 heteroatoms. The van der Waals surface area contributed by atoms with Crippen molar-refractivity contribution in [3.63, 3.8) is 0 Å². The van der Waals surface area contributed by atoms with Crippen LogP contribution in [0.15, 0.2) is 83.8 Å². The highest BCUT2D eigenvalue weighted by atomic mass is 35.5. The Kier molecular flexibility index (Phi) is 5.76. The molecule has 0 saturated heterocycles. The molecule has 1 aliphatic heterocycles. The summed E-state index contributed by atoms with van der Waals surface area (Å²) in [6.45, 7) is 0.248. The van der Waals surface area contributed by atoms with E-state index in [0.29, 0.717) is 10.0 Å². The molecule has 0 amide bonds. The van der Waals surface area contributed by atoms with Crippen molar-refractivity contribution in [2.24, 2.45) is 5.92 Å². The van der Waals surface area contributed by atoms with E-state index in [1.54, 1.807) is 12.1 Å². The minimum Gasteiger partial charge on any atom is -0.378 e. The summed E-state index contributed by atoms with van der Waals surface area (Å²) in [5, 5.41) is 4.84. The van der Waals surface area contributed by atoms with Crippen LogP contribution in [-0.4, -0.2) is 8.42 Å². The molecule has 164 valence electrons. The van der Waals surface area contributed by atoms with E-state index >= 15 is 0 Å². The van der Waals surface area contributed by atoms with Crippen LogP contribution < -0.4 is 10.0 Å². The van der Waals surface area contributed by atoms with Crippen molar-refractivity contribution in [3.05, 3.63) is 106 Å². The standard InChI is InChI=1S/C25H22Cl2N2O2S/c26-21-10-5-11-22(27)24(21)25-19-9-4-8-18(19)20-14-17(12-13-23(20)29-25)32(30,31)28-15-16-6-2-1-3-7-16/h1-8,10-14,18-19,25,28-29H,9,15H2. The van der Waals surface area contributed by atoms with Crippen molar-refractivity contribution in [3.8, 4) is 0 Å². The van der Waals surface area contributed by atoms with Crippen LogP contribution in [0.2, 0.25) is 10.0 Å². The summed E-state index contributed by atoms with van der Waals surface area (Å²) in [5.41, 5.74) is 3.68. The lowest BCUT2D eigenvalue weighted by atomic mass is 9.77. The van der Waals surface area contributed by atoms with Crippen LogP contribution in [-0.2, 0) is 16.6 Å². The van der Waals surface area contributed by atoms with E-state index in [0.717, 1.165) is 28.8 Å². The number of sulfonamides is 1. The zero-order valence-corrected chi connectivity index (χ0v) is 19.5. The first-order chi connectivity index (χ1) is 15.4. The second-order valence-electron chi connectivity index (χ2n) is 8.17. The summed E-state index contributed by atoms with van der Waals surface area (Å²) < 4.78 is 28.7. The van der Waals surface area contributed by atoms with Crippen molar-refractivity contribution in [1.82, 2.24) is 4.72 Å². The molecule has 0 radical (unpaired) electrons. The predicted octanol–water partition coefficient (Wildman–Crippen LogP) is 6.30. The first kappa shape index (κ1) is 21.5. The van der Waals surface area contributed by atoms with Crippen LogP contribution in [0, 0.1) is 5.92 Å². The molecule has 0 fully saturated rings. The second-order valence-corrected chi connectivity index (χ2v) is 10.8. The number of fused-ring (bicyclic) bond motifs is 3. The lowest BCUT2D eigenvalue weighted by Gasteiger charge is -2.38. The van der Waals surface area contributed by atoms with Gasteiger partial charge in [-0.1, -0.05) is 71.8 Å². The quantitative estimate of drug-likeness (QED) is 0.417. The monoisotopic (exact) mass is 484 g/mol. The number of benzene rings is 3. The van der Waals surface area contributed by atoms with Gasteiger partial charge in [0.1, 0.15) is 0 Å². The Bertz CT molecular complexity index is 1270. The molecular formula is C25H22Cl2N2O2S. The van der Waals surface area contributed by atoms with Gasteiger partial charge in [-0.25, -0.2) is 13.1 Å². The van der Waals surface area contributed by atoms with Crippen LogP contribution in [0.4, 0.5) is 5.69 Å². The molecule has 4 nitrogen and oxygen atoms in total. The van der Waals surface area contributed by atoms with Gasteiger partial charge in [-0.3, -0.25) is 0 Å². The number of rotatable bonds is 5. The van der Waals surface area contributed by atoms with E-state index in [2.05, 4.69) is 22.2 Å². The van der Waals surface area contributed by atoms with Crippen LogP contribution in [0.1, 0.15) is 35.1 Å². The van der Waals surface area contributed by atoms with Crippen LogP contribution in [0.3, 0.4) is 0 Å². The molecule has 1 heterocycles. The van der Waals surface area contributed by atoms with Crippen LogP contribution >= 0.6 is 23.2 Å². The van der Waals surface area contributed by atoms with Crippen LogP contribution in [0.25, 0.3) is 0 Å². The van der Waals surface area contributed by atoms with Crippen molar-refractivity contribution < 1.29 is 8.42 Å². The number of hydrogen-bond donors (Lipinski definition) is 2. The maximum atomic E-state index is 13.0. The van der Waals surface area contributed by atoms with Gasteiger partial charge in [-0.2, -0.15) is 0 Å². The summed E-state index contributed by atoms with van der Waals surface area (Å²) >= 11 is 13.0. The Balaban J connectivity index is 1.47. The largest absolute Gasteiger partial charge is 0.378 e. The normalized spacial score (nSPS) is 21.6. The van der Waals surface area contributed by atoms with Gasteiger partial charge in [0.05, 0.1) is 10.9 Å². The highest BCUT2D eigenvalue weighted by Gasteiger charge is 2.39. The maximum absolute atomic E-state index is 13.0. The topological polar surface area (TPSA) is 58.2 Å². The second kappa shape index (κ2) is 8.56. The fourth-order valence-corrected chi connectivity index (χ4v) is 6.38. The Morgan fingerprint density at radius 3 is 2.47 bits per heavy atom. The van der Waals surface area contributed by atoms with E-state index in [9.17, 15) is 8.42 Å². The minimum absolute atomic E-state index is 0.0534. The highest BCUT2D eigenvalue weighted by molar-refractivity contribution is 7.89. The SMILES string of the molecule is O=S(=O)(NCc1ccccc1)c1ccc2c(c1)C1C=CCC1C(c1c(Cl)cccc1Cl)N2. The van der Waals surface area contributed by atoms with Gasteiger partial charge in [-0.05, 0) is 53.8 Å². The molecule has 0 bridgehead atoms. The molecule has 3 atom stereocenters. The van der Waals surface area contributed by atoms with Crippen molar-refractivity contribution in [2.75, 3.05) is 5.32 Å². The molecule has 0 spiro atoms. The fraction of sp³-hybridized carbons (Fsp3) is 0.200. The Morgan fingerprint density at radius 1 is 0.969 bits per heavy atom. The summed E-state index contributed by atoms with van der Waals surface area (Å²) in [7, 11) is -3.64. The predicted molar refractivity (Wildman–Crippen MR) is 130 cm³/mol. The molecule has 0 aromatic heterocycles. The number of hydrogen-bond acceptors (Lipinski definition) is 3. The fourth-order valence-electron chi connectivity index (χ4n) is 4.69. The zero-order chi connectivity index (χ0) is 22.3. The first-order valence-electron chi connectivity index (χ1n) is 10.5. The molecule has 2 aliphatic rings. The average molecular weight is 485 g/mol. The third kappa shape index (κ3) is 3.95. The van der Waals surface area contributed by atoms with Gasteiger partial charge >= 0.3 is 0 Å². The molecule has 32 heavy (non-hydrogen) atoms. The maximum Gasteiger partial charge on any atom is 0.240 e. The first-order valence-corrected chi connectivity index (χ1v) is 12.7. The zero-order valence-electron chi connectivity index (χ0n) is 17.1. The van der Waals surface area contributed by atoms with E-state index < -0.39 is 10.0 Å². The van der Waals surface area contributed by atoms with Gasteiger partial charge in [0.2, 0.25) is 10.0 Å². The van der Waals surface area contributed by atoms with Gasteiger partial charge in [0, 0.05) is 33.8 Å². The molecule has 3 unspecified atom stereocenters. The molecule has 5 rings (SSSR count). The third-order valence-electron chi connectivity index (χ3n) is 6.26. The van der Waals surface area contributed by atoms with Crippen molar-refractivity contribution >= 4 is 38.9 Å². The Labute approximate surface area is 198 Å². The third-order valence-corrected chi connectivity index (χ3v) is 8.32. The number of allylic oxidation sites excluding steroid dienone is 2. The van der Waals surface area contributed by atoms with Gasteiger partial charge in [-0.15, -0.1) is 0 Å². The number of nitrogens with one attached hydrogen (secondary N) is 2. The Hall–Kier alpha value is -2.31. The smallest absolute Gasteiger partial charge is 0.240 e. The molecule has 3 aromatic rings. The number of halogens is 2. The summed E-state index contributed by atoms with van der Waals surface area (Å²) in [6, 6.07) is 20.2. The lowest BCUT2D eigenvalue weighted by molar-refractivity contribution is 0.425. The summed E-state index contributed by atoms with van der Waals surface area (Å²) in [6.07, 6.45) is 5.18. The molecule has 3 aromatic carbocycles. The molecule has 1 aliphatic carbocycles. The van der Waals surface area contributed by atoms with Crippen molar-refractivity contribution in [1.29, 1.82) is 0 Å². The van der Waals surface area contributed by atoms with E-state index in [1.807, 2.05) is 54.6 Å². The molecular weight excluding hydrogens is 463 g/mol. The van der Waals surface area contributed by atoms with E-state index in [1.165, 1.54) is 0 Å². The highest BCUT2D eigenvalue weighted by Crippen LogP contribution is 2.52.